The molecule has 1 atom stereocenters. The van der Waals surface area contributed by atoms with Crippen LogP contribution < -0.4 is 9.47 Å². The second kappa shape index (κ2) is 8.01. The minimum Gasteiger partial charge on any atom is -0.507 e. The van der Waals surface area contributed by atoms with E-state index in [4.69, 9.17) is 21.1 Å². The van der Waals surface area contributed by atoms with Crippen LogP contribution in [0.5, 0.6) is 11.5 Å². The molecule has 2 heterocycles. The number of aliphatic hydroxyl groups is 1. The van der Waals surface area contributed by atoms with Gasteiger partial charge in [-0.15, -0.1) is 0 Å². The summed E-state index contributed by atoms with van der Waals surface area (Å²) in [6, 6.07) is 11.1. The summed E-state index contributed by atoms with van der Waals surface area (Å²) in [7, 11) is 3.78. The molecule has 1 fully saturated rings. The molecule has 2 aliphatic heterocycles. The summed E-state index contributed by atoms with van der Waals surface area (Å²) in [6.07, 6.45) is 0. The first kappa shape index (κ1) is 20.3. The normalized spacial score (nSPS) is 19.7. The van der Waals surface area contributed by atoms with Crippen molar-refractivity contribution >= 4 is 29.1 Å². The lowest BCUT2D eigenvalue weighted by Gasteiger charge is -2.26. The van der Waals surface area contributed by atoms with Crippen LogP contribution in [0.3, 0.4) is 0 Å². The number of likely N-dealkylation sites (tertiary alicyclic amines) is 1. The number of hydrogen-bond acceptors (Lipinski definition) is 6. The number of carbonyl (C=O) groups excluding carboxylic acids is 2. The molecule has 2 aromatic carbocycles. The molecule has 0 aromatic heterocycles. The Morgan fingerprint density at radius 2 is 1.83 bits per heavy atom. The van der Waals surface area contributed by atoms with Gasteiger partial charge in [0, 0.05) is 23.7 Å². The van der Waals surface area contributed by atoms with Crippen LogP contribution in [0.2, 0.25) is 5.02 Å². The van der Waals surface area contributed by atoms with E-state index in [0.717, 1.165) is 0 Å². The molecular weight excluding hydrogens is 408 g/mol. The van der Waals surface area contributed by atoms with Gasteiger partial charge in [0.25, 0.3) is 11.7 Å². The minimum absolute atomic E-state index is 0.0416. The zero-order chi connectivity index (χ0) is 21.4. The van der Waals surface area contributed by atoms with E-state index in [1.165, 1.54) is 4.90 Å². The van der Waals surface area contributed by atoms with E-state index in [0.29, 0.717) is 40.7 Å². The number of amides is 1. The molecule has 1 N–H and O–H groups in total. The maximum atomic E-state index is 13.0. The molecule has 1 saturated heterocycles. The van der Waals surface area contributed by atoms with Crippen LogP contribution in [0.25, 0.3) is 5.76 Å². The van der Waals surface area contributed by atoms with Crippen molar-refractivity contribution < 1.29 is 24.2 Å². The number of nitrogens with zero attached hydrogens (tertiary/aromatic N) is 2. The van der Waals surface area contributed by atoms with Gasteiger partial charge in [-0.05, 0) is 50.0 Å². The van der Waals surface area contributed by atoms with Crippen LogP contribution in [-0.2, 0) is 9.59 Å². The third kappa shape index (κ3) is 3.62. The molecule has 8 heteroatoms. The zero-order valence-electron chi connectivity index (χ0n) is 16.6. The highest BCUT2D eigenvalue weighted by molar-refractivity contribution is 6.46. The number of aliphatic hydroxyl groups excluding tert-OH is 1. The van der Waals surface area contributed by atoms with Gasteiger partial charge >= 0.3 is 0 Å². The number of carbonyl (C=O) groups is 2. The summed E-state index contributed by atoms with van der Waals surface area (Å²) in [5.41, 5.74) is 1.11. The molecule has 30 heavy (non-hydrogen) atoms. The summed E-state index contributed by atoms with van der Waals surface area (Å²) in [5, 5.41) is 11.6. The molecule has 0 unspecified atom stereocenters. The molecule has 1 amide bonds. The first-order chi connectivity index (χ1) is 14.4. The van der Waals surface area contributed by atoms with Crippen molar-refractivity contribution in [1.29, 1.82) is 0 Å². The topological polar surface area (TPSA) is 79.3 Å². The van der Waals surface area contributed by atoms with Crippen LogP contribution in [-0.4, -0.2) is 60.6 Å². The third-order valence-electron chi connectivity index (χ3n) is 5.16. The van der Waals surface area contributed by atoms with Gasteiger partial charge in [-0.2, -0.15) is 0 Å². The smallest absolute Gasteiger partial charge is 0.295 e. The van der Waals surface area contributed by atoms with Crippen molar-refractivity contribution in [3.63, 3.8) is 0 Å². The lowest BCUT2D eigenvalue weighted by Crippen LogP contribution is -2.35. The van der Waals surface area contributed by atoms with Crippen molar-refractivity contribution in [3.8, 4) is 11.5 Å². The molecule has 156 valence electrons. The van der Waals surface area contributed by atoms with Crippen LogP contribution >= 0.6 is 11.6 Å². The van der Waals surface area contributed by atoms with Crippen molar-refractivity contribution in [1.82, 2.24) is 9.80 Å². The summed E-state index contributed by atoms with van der Waals surface area (Å²) in [5.74, 6) is -0.571. The van der Waals surface area contributed by atoms with Gasteiger partial charge in [-0.1, -0.05) is 23.7 Å². The maximum Gasteiger partial charge on any atom is 0.295 e. The number of ether oxygens (including phenoxy) is 2. The van der Waals surface area contributed by atoms with Gasteiger partial charge < -0.3 is 24.4 Å². The average molecular weight is 429 g/mol. The highest BCUT2D eigenvalue weighted by Crippen LogP contribution is 2.41. The molecule has 0 spiro atoms. The molecular formula is C22H21ClN2O5. The second-order valence-corrected chi connectivity index (χ2v) is 7.85. The van der Waals surface area contributed by atoms with Crippen molar-refractivity contribution in [2.24, 2.45) is 0 Å². The van der Waals surface area contributed by atoms with Gasteiger partial charge in [0.2, 0.25) is 6.79 Å². The average Bonchev–Trinajstić information content (AvgIpc) is 3.29. The second-order valence-electron chi connectivity index (χ2n) is 7.42. The van der Waals surface area contributed by atoms with Gasteiger partial charge in [0.15, 0.2) is 11.5 Å². The number of hydrogen-bond donors (Lipinski definition) is 1. The Kier molecular flexibility index (Phi) is 5.40. The SMILES string of the molecule is CN(C)CCN1C(=O)C(=O)C(=C(O)c2ccc3c(c2)OCO3)[C@@H]1c1ccc(Cl)cc1. The Balaban J connectivity index is 1.82. The van der Waals surface area contributed by atoms with Gasteiger partial charge in [-0.3, -0.25) is 9.59 Å². The Morgan fingerprint density at radius 1 is 1.13 bits per heavy atom. The zero-order valence-corrected chi connectivity index (χ0v) is 17.3. The van der Waals surface area contributed by atoms with E-state index < -0.39 is 17.7 Å². The van der Waals surface area contributed by atoms with Gasteiger partial charge in [0.1, 0.15) is 5.76 Å². The van der Waals surface area contributed by atoms with Crippen molar-refractivity contribution in [2.75, 3.05) is 34.0 Å². The summed E-state index contributed by atoms with van der Waals surface area (Å²) >= 11 is 6.02. The standard InChI is InChI=1S/C22H21ClN2O5/c1-24(2)9-10-25-19(13-3-6-15(23)7-4-13)18(21(27)22(25)28)20(26)14-5-8-16-17(11-14)30-12-29-16/h3-8,11,19,26H,9-10,12H2,1-2H3/t19-/m0/s1. The Hall–Kier alpha value is -3.03. The largest absolute Gasteiger partial charge is 0.507 e. The fraction of sp³-hybridized carbons (Fsp3) is 0.273. The van der Waals surface area contributed by atoms with Crippen molar-refractivity contribution in [2.45, 2.75) is 6.04 Å². The first-order valence-electron chi connectivity index (χ1n) is 9.45. The van der Waals surface area contributed by atoms with Crippen molar-refractivity contribution in [3.05, 3.63) is 64.2 Å². The molecule has 0 aliphatic carbocycles. The predicted molar refractivity (Wildman–Crippen MR) is 112 cm³/mol. The fourth-order valence-electron chi connectivity index (χ4n) is 3.61. The molecule has 2 aliphatic rings. The number of likely N-dealkylation sites (N-methyl/N-ethyl adjacent to an activating group) is 1. The first-order valence-corrected chi connectivity index (χ1v) is 9.83. The van der Waals surface area contributed by atoms with Crippen LogP contribution in [0.1, 0.15) is 17.2 Å². The summed E-state index contributed by atoms with van der Waals surface area (Å²) < 4.78 is 10.7. The van der Waals surface area contributed by atoms with Crippen LogP contribution in [0.15, 0.2) is 48.0 Å². The Bertz CT molecular complexity index is 1030. The lowest BCUT2D eigenvalue weighted by atomic mass is 9.95. The van der Waals surface area contributed by atoms with E-state index in [9.17, 15) is 14.7 Å². The predicted octanol–water partition coefficient (Wildman–Crippen LogP) is 3.05. The number of Topliss-reactive ketones (excluding diaryl/α,β-unsaturated/α-hetero) is 1. The van der Waals surface area contributed by atoms with Gasteiger partial charge in [-0.25, -0.2) is 0 Å². The van der Waals surface area contributed by atoms with Crippen LogP contribution in [0, 0.1) is 0 Å². The molecule has 4 rings (SSSR count). The van der Waals surface area contributed by atoms with E-state index >= 15 is 0 Å². The Morgan fingerprint density at radius 3 is 2.53 bits per heavy atom. The highest BCUT2D eigenvalue weighted by atomic mass is 35.5. The molecule has 0 bridgehead atoms. The molecule has 2 aromatic rings. The van der Waals surface area contributed by atoms with E-state index in [1.807, 2.05) is 19.0 Å². The molecule has 7 nitrogen and oxygen atoms in total. The maximum absolute atomic E-state index is 13.0. The number of benzene rings is 2. The van der Waals surface area contributed by atoms with Crippen LogP contribution in [0.4, 0.5) is 0 Å². The number of halogens is 1. The lowest BCUT2D eigenvalue weighted by molar-refractivity contribution is -0.140. The quantitative estimate of drug-likeness (QED) is 0.448. The fourth-order valence-corrected chi connectivity index (χ4v) is 3.74. The molecule has 0 saturated carbocycles. The van der Waals surface area contributed by atoms with E-state index in [1.54, 1.807) is 42.5 Å². The van der Waals surface area contributed by atoms with E-state index in [2.05, 4.69) is 0 Å². The number of fused-ring (bicyclic) bond motifs is 1. The Labute approximate surface area is 179 Å². The highest BCUT2D eigenvalue weighted by Gasteiger charge is 2.46. The number of rotatable bonds is 5. The summed E-state index contributed by atoms with van der Waals surface area (Å²) in [6.45, 7) is 1.00. The minimum atomic E-state index is -0.719. The summed E-state index contributed by atoms with van der Waals surface area (Å²) in [4.78, 5) is 29.2. The third-order valence-corrected chi connectivity index (χ3v) is 5.41. The number of ketones is 1. The monoisotopic (exact) mass is 428 g/mol. The van der Waals surface area contributed by atoms with Gasteiger partial charge in [0.05, 0.1) is 11.6 Å². The molecule has 0 radical (unpaired) electrons. The van der Waals surface area contributed by atoms with E-state index in [-0.39, 0.29) is 18.1 Å².